The van der Waals surface area contributed by atoms with E-state index in [2.05, 4.69) is 22.0 Å². The maximum atomic E-state index is 3.40. The Morgan fingerprint density at radius 2 is 2.00 bits per heavy atom. The molecule has 0 aromatic rings. The Kier molecular flexibility index (Phi) is 6.46. The van der Waals surface area contributed by atoms with Gasteiger partial charge in [0.1, 0.15) is 0 Å². The minimum Gasteiger partial charge on any atom is -0.317 e. The summed E-state index contributed by atoms with van der Waals surface area (Å²) >= 11 is 0. The number of nitrogens with one attached hydrogen (secondary N) is 1. The van der Waals surface area contributed by atoms with Crippen molar-refractivity contribution in [2.24, 2.45) is 0 Å². The Morgan fingerprint density at radius 1 is 1.06 bits per heavy atom. The molecule has 0 aromatic carbocycles. The number of rotatable bonds is 7. The van der Waals surface area contributed by atoms with E-state index < -0.39 is 0 Å². The Labute approximate surface area is 113 Å². The summed E-state index contributed by atoms with van der Waals surface area (Å²) < 4.78 is 0. The van der Waals surface area contributed by atoms with Crippen LogP contribution in [0.4, 0.5) is 0 Å². The normalized spacial score (nSPS) is 26.2. The molecule has 1 unspecified atom stereocenters. The van der Waals surface area contributed by atoms with Gasteiger partial charge in [0, 0.05) is 25.7 Å². The lowest BCUT2D eigenvalue weighted by atomic mass is 9.99. The second-order valence-corrected chi connectivity index (χ2v) is 5.90. The zero-order valence-corrected chi connectivity index (χ0v) is 12.2. The number of hydrogen-bond acceptors (Lipinski definition) is 3. The maximum Gasteiger partial charge on any atom is 0.0223 e. The number of piperidine rings is 1. The first-order chi connectivity index (χ1) is 8.90. The van der Waals surface area contributed by atoms with Crippen molar-refractivity contribution in [1.82, 2.24) is 15.1 Å². The lowest BCUT2D eigenvalue weighted by molar-refractivity contribution is 0.0486. The number of unbranched alkanes of at least 4 members (excludes halogenated alkanes) is 2. The minimum absolute atomic E-state index is 0.884. The van der Waals surface area contributed by atoms with Crippen molar-refractivity contribution in [3.63, 3.8) is 0 Å². The molecule has 2 rings (SSSR count). The van der Waals surface area contributed by atoms with Crippen molar-refractivity contribution >= 4 is 0 Å². The van der Waals surface area contributed by atoms with Gasteiger partial charge in [0.25, 0.3) is 0 Å². The molecule has 3 nitrogen and oxygen atoms in total. The molecule has 2 aliphatic rings. The van der Waals surface area contributed by atoms with E-state index in [1.807, 2.05) is 0 Å². The highest BCUT2D eigenvalue weighted by atomic mass is 15.3. The van der Waals surface area contributed by atoms with Crippen LogP contribution in [0.1, 0.15) is 45.4 Å². The van der Waals surface area contributed by atoms with Crippen LogP contribution >= 0.6 is 0 Å². The fourth-order valence-corrected chi connectivity index (χ4v) is 3.36. The quantitative estimate of drug-likeness (QED) is 0.700. The van der Waals surface area contributed by atoms with Crippen LogP contribution in [-0.2, 0) is 0 Å². The molecule has 0 saturated carbocycles. The molecule has 1 N–H and O–H groups in total. The summed E-state index contributed by atoms with van der Waals surface area (Å²) in [6, 6.07) is 0.884. The molecule has 0 aliphatic carbocycles. The molecule has 2 heterocycles. The molecule has 106 valence electrons. The Morgan fingerprint density at radius 3 is 2.89 bits per heavy atom. The van der Waals surface area contributed by atoms with Crippen LogP contribution in [0.25, 0.3) is 0 Å². The van der Waals surface area contributed by atoms with Crippen LogP contribution in [-0.4, -0.2) is 61.7 Å². The Bertz CT molecular complexity index is 220. The Balaban J connectivity index is 1.54. The average Bonchev–Trinajstić information content (AvgIpc) is 2.42. The third-order valence-corrected chi connectivity index (χ3v) is 4.50. The highest BCUT2D eigenvalue weighted by molar-refractivity contribution is 4.84. The van der Waals surface area contributed by atoms with Crippen molar-refractivity contribution in [3.8, 4) is 0 Å². The lowest BCUT2D eigenvalue weighted by Gasteiger charge is -2.44. The van der Waals surface area contributed by atoms with E-state index >= 15 is 0 Å². The standard InChI is InChI=1S/C15H31N3/c1-2-16-9-5-3-6-10-17-12-13-18-11-7-4-8-15(18)14-17/h15-16H,2-14H2,1H3. The number of nitrogens with zero attached hydrogens (tertiary/aromatic N) is 2. The first kappa shape index (κ1) is 14.3. The molecular weight excluding hydrogens is 222 g/mol. The molecule has 0 radical (unpaired) electrons. The molecule has 1 atom stereocenters. The van der Waals surface area contributed by atoms with E-state index in [1.54, 1.807) is 0 Å². The predicted octanol–water partition coefficient (Wildman–Crippen LogP) is 1.94. The summed E-state index contributed by atoms with van der Waals surface area (Å²) in [4.78, 5) is 5.44. The second-order valence-electron chi connectivity index (χ2n) is 5.90. The summed E-state index contributed by atoms with van der Waals surface area (Å²) in [7, 11) is 0. The van der Waals surface area contributed by atoms with Crippen LogP contribution in [0.5, 0.6) is 0 Å². The fraction of sp³-hybridized carbons (Fsp3) is 1.00. The fourth-order valence-electron chi connectivity index (χ4n) is 3.36. The minimum atomic E-state index is 0.884. The molecule has 0 bridgehead atoms. The summed E-state index contributed by atoms with van der Waals surface area (Å²) in [5.74, 6) is 0. The van der Waals surface area contributed by atoms with Gasteiger partial charge in [0.15, 0.2) is 0 Å². The van der Waals surface area contributed by atoms with Gasteiger partial charge in [-0.3, -0.25) is 4.90 Å². The summed E-state index contributed by atoms with van der Waals surface area (Å²) in [6.07, 6.45) is 8.45. The van der Waals surface area contributed by atoms with E-state index in [0.717, 1.165) is 12.6 Å². The topological polar surface area (TPSA) is 18.5 Å². The summed E-state index contributed by atoms with van der Waals surface area (Å²) in [6.45, 7) is 11.2. The first-order valence-electron chi connectivity index (χ1n) is 8.07. The maximum absolute atomic E-state index is 3.40. The predicted molar refractivity (Wildman–Crippen MR) is 78.0 cm³/mol. The number of fused-ring (bicyclic) bond motifs is 1. The van der Waals surface area contributed by atoms with Gasteiger partial charge in [-0.1, -0.05) is 19.8 Å². The average molecular weight is 253 g/mol. The SMILES string of the molecule is CCNCCCCCN1CCN2CCCCC2C1. The zero-order chi connectivity index (χ0) is 12.6. The lowest BCUT2D eigenvalue weighted by Crippen LogP contribution is -2.54. The summed E-state index contributed by atoms with van der Waals surface area (Å²) in [5.41, 5.74) is 0. The number of hydrogen-bond donors (Lipinski definition) is 1. The molecule has 0 amide bonds. The van der Waals surface area contributed by atoms with Crippen molar-refractivity contribution in [1.29, 1.82) is 0 Å². The van der Waals surface area contributed by atoms with Gasteiger partial charge in [-0.25, -0.2) is 0 Å². The highest BCUT2D eigenvalue weighted by Crippen LogP contribution is 2.21. The van der Waals surface area contributed by atoms with Crippen LogP contribution < -0.4 is 5.32 Å². The zero-order valence-electron chi connectivity index (χ0n) is 12.2. The van der Waals surface area contributed by atoms with Crippen LogP contribution in [0.15, 0.2) is 0 Å². The van der Waals surface area contributed by atoms with Gasteiger partial charge in [-0.15, -0.1) is 0 Å². The van der Waals surface area contributed by atoms with E-state index in [1.165, 1.54) is 77.8 Å². The largest absolute Gasteiger partial charge is 0.317 e. The van der Waals surface area contributed by atoms with E-state index in [0.29, 0.717) is 0 Å². The molecule has 2 aliphatic heterocycles. The molecule has 2 saturated heterocycles. The van der Waals surface area contributed by atoms with Crippen molar-refractivity contribution in [3.05, 3.63) is 0 Å². The van der Waals surface area contributed by atoms with Crippen LogP contribution in [0.2, 0.25) is 0 Å². The second kappa shape index (κ2) is 8.13. The first-order valence-corrected chi connectivity index (χ1v) is 8.07. The van der Waals surface area contributed by atoms with Crippen molar-refractivity contribution in [2.75, 3.05) is 45.8 Å². The molecule has 2 fully saturated rings. The summed E-state index contributed by atoms with van der Waals surface area (Å²) in [5, 5.41) is 3.40. The van der Waals surface area contributed by atoms with Gasteiger partial charge in [0.2, 0.25) is 0 Å². The van der Waals surface area contributed by atoms with Crippen LogP contribution in [0.3, 0.4) is 0 Å². The molecule has 0 spiro atoms. The molecule has 18 heavy (non-hydrogen) atoms. The van der Waals surface area contributed by atoms with Crippen LogP contribution in [0, 0.1) is 0 Å². The van der Waals surface area contributed by atoms with Crippen molar-refractivity contribution in [2.45, 2.75) is 51.5 Å². The van der Waals surface area contributed by atoms with Gasteiger partial charge in [-0.2, -0.15) is 0 Å². The van der Waals surface area contributed by atoms with Crippen molar-refractivity contribution < 1.29 is 0 Å². The molecule has 3 heteroatoms. The van der Waals surface area contributed by atoms with E-state index in [4.69, 9.17) is 0 Å². The third-order valence-electron chi connectivity index (χ3n) is 4.50. The molecular formula is C15H31N3. The van der Waals surface area contributed by atoms with Gasteiger partial charge >= 0.3 is 0 Å². The number of piperazine rings is 1. The van der Waals surface area contributed by atoms with E-state index in [-0.39, 0.29) is 0 Å². The Hall–Kier alpha value is -0.120. The smallest absolute Gasteiger partial charge is 0.0223 e. The monoisotopic (exact) mass is 253 g/mol. The van der Waals surface area contributed by atoms with Gasteiger partial charge in [-0.05, 0) is 51.9 Å². The molecule has 0 aromatic heterocycles. The third kappa shape index (κ3) is 4.52. The van der Waals surface area contributed by atoms with E-state index in [9.17, 15) is 0 Å². The highest BCUT2D eigenvalue weighted by Gasteiger charge is 2.28. The van der Waals surface area contributed by atoms with Gasteiger partial charge < -0.3 is 10.2 Å². The van der Waals surface area contributed by atoms with Gasteiger partial charge in [0.05, 0.1) is 0 Å².